The molecule has 0 saturated carbocycles. The van der Waals surface area contributed by atoms with Crippen LogP contribution in [0.2, 0.25) is 0 Å². The standard InChI is InChI=1S/C16H25N3S/c1-4-6-15(17-5-2)14-7-9-19(11-14)10-8-16-13(3)18-12-20-16/h7,9,11-12,15,17H,4-6,8,10H2,1-3H3. The van der Waals surface area contributed by atoms with Crippen molar-refractivity contribution in [1.82, 2.24) is 14.9 Å². The molecule has 3 nitrogen and oxygen atoms in total. The van der Waals surface area contributed by atoms with E-state index in [1.54, 1.807) is 11.3 Å². The number of nitrogens with zero attached hydrogens (tertiary/aromatic N) is 2. The molecule has 1 unspecified atom stereocenters. The van der Waals surface area contributed by atoms with E-state index in [1.165, 1.54) is 29.0 Å². The lowest BCUT2D eigenvalue weighted by molar-refractivity contribution is 0.508. The molecule has 20 heavy (non-hydrogen) atoms. The average Bonchev–Trinajstić information content (AvgIpc) is 3.05. The van der Waals surface area contributed by atoms with Gasteiger partial charge in [-0.3, -0.25) is 0 Å². The topological polar surface area (TPSA) is 29.9 Å². The Morgan fingerprint density at radius 2 is 2.25 bits per heavy atom. The first-order valence-electron chi connectivity index (χ1n) is 7.52. The Morgan fingerprint density at radius 1 is 1.40 bits per heavy atom. The van der Waals surface area contributed by atoms with Crippen LogP contribution in [0.3, 0.4) is 0 Å². The lowest BCUT2D eigenvalue weighted by atomic mass is 10.1. The summed E-state index contributed by atoms with van der Waals surface area (Å²) in [6, 6.07) is 2.75. The third kappa shape index (κ3) is 3.93. The summed E-state index contributed by atoms with van der Waals surface area (Å²) in [7, 11) is 0. The number of rotatable bonds is 8. The van der Waals surface area contributed by atoms with E-state index in [0.29, 0.717) is 6.04 Å². The van der Waals surface area contributed by atoms with E-state index in [4.69, 9.17) is 0 Å². The number of nitrogens with one attached hydrogen (secondary N) is 1. The van der Waals surface area contributed by atoms with Crippen molar-refractivity contribution >= 4 is 11.3 Å². The van der Waals surface area contributed by atoms with E-state index >= 15 is 0 Å². The molecule has 110 valence electrons. The first-order valence-corrected chi connectivity index (χ1v) is 8.40. The molecule has 0 aliphatic heterocycles. The Kier molecular flexibility index (Phi) is 5.80. The molecule has 0 saturated heterocycles. The molecule has 2 rings (SSSR count). The van der Waals surface area contributed by atoms with E-state index < -0.39 is 0 Å². The molecule has 0 amide bonds. The summed E-state index contributed by atoms with van der Waals surface area (Å²) in [5, 5.41) is 3.57. The van der Waals surface area contributed by atoms with Gasteiger partial charge in [0.25, 0.3) is 0 Å². The van der Waals surface area contributed by atoms with Crippen molar-refractivity contribution in [3.63, 3.8) is 0 Å². The summed E-state index contributed by atoms with van der Waals surface area (Å²) in [4.78, 5) is 5.71. The van der Waals surface area contributed by atoms with Crippen LogP contribution in [0.1, 0.15) is 48.9 Å². The van der Waals surface area contributed by atoms with Gasteiger partial charge in [-0.05, 0) is 31.5 Å². The molecule has 0 aliphatic rings. The normalized spacial score (nSPS) is 12.8. The fraction of sp³-hybridized carbons (Fsp3) is 0.562. The summed E-state index contributed by atoms with van der Waals surface area (Å²) in [6.07, 6.45) is 7.98. The summed E-state index contributed by atoms with van der Waals surface area (Å²) in [5.74, 6) is 0. The molecule has 0 spiro atoms. The first-order chi connectivity index (χ1) is 9.74. The van der Waals surface area contributed by atoms with Crippen LogP contribution in [0.4, 0.5) is 0 Å². The molecule has 4 heteroatoms. The highest BCUT2D eigenvalue weighted by molar-refractivity contribution is 7.09. The Bertz CT molecular complexity index is 509. The summed E-state index contributed by atoms with van der Waals surface area (Å²) in [6.45, 7) is 8.57. The van der Waals surface area contributed by atoms with Crippen molar-refractivity contribution in [1.29, 1.82) is 0 Å². The second-order valence-corrected chi connectivity index (χ2v) is 6.13. The molecule has 0 fully saturated rings. The predicted molar refractivity (Wildman–Crippen MR) is 86.3 cm³/mol. The van der Waals surface area contributed by atoms with Gasteiger partial charge in [-0.15, -0.1) is 11.3 Å². The molecular weight excluding hydrogens is 266 g/mol. The zero-order chi connectivity index (χ0) is 14.4. The molecule has 1 N–H and O–H groups in total. The van der Waals surface area contributed by atoms with Crippen molar-refractivity contribution in [2.75, 3.05) is 6.54 Å². The van der Waals surface area contributed by atoms with Gasteiger partial charge in [0.2, 0.25) is 0 Å². The van der Waals surface area contributed by atoms with Gasteiger partial charge in [0.1, 0.15) is 0 Å². The minimum Gasteiger partial charge on any atom is -0.354 e. The van der Waals surface area contributed by atoms with Crippen molar-refractivity contribution in [3.8, 4) is 0 Å². The van der Waals surface area contributed by atoms with Crippen LogP contribution in [0.5, 0.6) is 0 Å². The van der Waals surface area contributed by atoms with Gasteiger partial charge >= 0.3 is 0 Å². The second-order valence-electron chi connectivity index (χ2n) is 5.19. The molecule has 1 atom stereocenters. The van der Waals surface area contributed by atoms with Crippen LogP contribution in [-0.4, -0.2) is 16.1 Å². The maximum Gasteiger partial charge on any atom is 0.0797 e. The molecule has 0 bridgehead atoms. The molecule has 2 aromatic heterocycles. The Balaban J connectivity index is 1.95. The van der Waals surface area contributed by atoms with Crippen molar-refractivity contribution < 1.29 is 0 Å². The number of aryl methyl sites for hydroxylation is 3. The van der Waals surface area contributed by atoms with Gasteiger partial charge < -0.3 is 9.88 Å². The van der Waals surface area contributed by atoms with E-state index in [9.17, 15) is 0 Å². The maximum atomic E-state index is 4.31. The van der Waals surface area contributed by atoms with Crippen LogP contribution >= 0.6 is 11.3 Å². The number of hydrogen-bond acceptors (Lipinski definition) is 3. The molecule has 0 aromatic carbocycles. The summed E-state index contributed by atoms with van der Waals surface area (Å²) < 4.78 is 2.30. The molecule has 2 heterocycles. The average molecular weight is 291 g/mol. The Hall–Kier alpha value is -1.13. The van der Waals surface area contributed by atoms with Crippen LogP contribution < -0.4 is 5.32 Å². The highest BCUT2D eigenvalue weighted by atomic mass is 32.1. The zero-order valence-corrected chi connectivity index (χ0v) is 13.5. The molecule has 2 aromatic rings. The molecule has 0 radical (unpaired) electrons. The lowest BCUT2D eigenvalue weighted by Gasteiger charge is -2.15. The van der Waals surface area contributed by atoms with Gasteiger partial charge in [-0.1, -0.05) is 20.3 Å². The van der Waals surface area contributed by atoms with Gasteiger partial charge in [0.15, 0.2) is 0 Å². The largest absolute Gasteiger partial charge is 0.354 e. The van der Waals surface area contributed by atoms with Crippen molar-refractivity contribution in [2.24, 2.45) is 0 Å². The fourth-order valence-corrected chi connectivity index (χ4v) is 3.29. The Morgan fingerprint density at radius 3 is 2.90 bits per heavy atom. The van der Waals surface area contributed by atoms with E-state index in [2.05, 4.69) is 54.1 Å². The van der Waals surface area contributed by atoms with Gasteiger partial charge in [0.05, 0.1) is 11.2 Å². The Labute approximate surface area is 126 Å². The van der Waals surface area contributed by atoms with Crippen LogP contribution in [0.25, 0.3) is 0 Å². The smallest absolute Gasteiger partial charge is 0.0797 e. The number of aromatic nitrogens is 2. The van der Waals surface area contributed by atoms with E-state index in [1.807, 2.05) is 5.51 Å². The first kappa shape index (κ1) is 15.3. The minimum atomic E-state index is 0.497. The minimum absolute atomic E-state index is 0.497. The fourth-order valence-electron chi connectivity index (χ4n) is 2.52. The van der Waals surface area contributed by atoms with Crippen LogP contribution in [0, 0.1) is 6.92 Å². The zero-order valence-electron chi connectivity index (χ0n) is 12.7. The third-order valence-corrected chi connectivity index (χ3v) is 4.64. The maximum absolute atomic E-state index is 4.31. The highest BCUT2D eigenvalue weighted by Crippen LogP contribution is 2.19. The monoisotopic (exact) mass is 291 g/mol. The summed E-state index contributed by atoms with van der Waals surface area (Å²) in [5.41, 5.74) is 4.53. The molecular formula is C16H25N3S. The van der Waals surface area contributed by atoms with Gasteiger partial charge in [-0.25, -0.2) is 4.98 Å². The van der Waals surface area contributed by atoms with Crippen molar-refractivity contribution in [3.05, 3.63) is 40.1 Å². The summed E-state index contributed by atoms with van der Waals surface area (Å²) >= 11 is 1.76. The van der Waals surface area contributed by atoms with E-state index in [0.717, 1.165) is 19.5 Å². The van der Waals surface area contributed by atoms with Crippen molar-refractivity contribution in [2.45, 2.75) is 52.6 Å². The third-order valence-electron chi connectivity index (χ3n) is 3.65. The predicted octanol–water partition coefficient (Wildman–Crippen LogP) is 3.95. The highest BCUT2D eigenvalue weighted by Gasteiger charge is 2.10. The second kappa shape index (κ2) is 7.60. The van der Waals surface area contributed by atoms with Crippen LogP contribution in [0.15, 0.2) is 24.0 Å². The molecule has 0 aliphatic carbocycles. The SMILES string of the molecule is CCCC(NCC)c1ccn(CCc2scnc2C)c1. The van der Waals surface area contributed by atoms with Crippen LogP contribution in [-0.2, 0) is 13.0 Å². The quantitative estimate of drug-likeness (QED) is 0.798. The number of hydrogen-bond donors (Lipinski definition) is 1. The van der Waals surface area contributed by atoms with Gasteiger partial charge in [0, 0.05) is 36.3 Å². The van der Waals surface area contributed by atoms with Gasteiger partial charge in [-0.2, -0.15) is 0 Å². The number of thiazole rings is 1. The van der Waals surface area contributed by atoms with E-state index in [-0.39, 0.29) is 0 Å². The lowest BCUT2D eigenvalue weighted by Crippen LogP contribution is -2.20.